The molecule has 0 aliphatic rings. The van der Waals surface area contributed by atoms with Crippen molar-refractivity contribution in [2.75, 3.05) is 7.11 Å². The third kappa shape index (κ3) is 4.90. The van der Waals surface area contributed by atoms with Crippen LogP contribution in [0.15, 0.2) is 59.6 Å². The molecule has 1 N–H and O–H groups in total. The van der Waals surface area contributed by atoms with Gasteiger partial charge in [0.25, 0.3) is 0 Å². The summed E-state index contributed by atoms with van der Waals surface area (Å²) in [5, 5.41) is 0. The van der Waals surface area contributed by atoms with Crippen LogP contribution in [0.25, 0.3) is 0 Å². The van der Waals surface area contributed by atoms with Gasteiger partial charge in [0.1, 0.15) is 17.3 Å². The summed E-state index contributed by atoms with van der Waals surface area (Å²) >= 11 is 0. The van der Waals surface area contributed by atoms with Gasteiger partial charge >= 0.3 is 0 Å². The van der Waals surface area contributed by atoms with Crippen molar-refractivity contribution in [1.82, 2.24) is 9.71 Å². The maximum atomic E-state index is 13.4. The van der Waals surface area contributed by atoms with Gasteiger partial charge in [0.15, 0.2) is 0 Å². The molecule has 1 aromatic heterocycles. The van der Waals surface area contributed by atoms with E-state index in [0.29, 0.717) is 11.3 Å². The van der Waals surface area contributed by atoms with Gasteiger partial charge in [0.2, 0.25) is 15.9 Å². The number of hydrogen-bond donors (Lipinski definition) is 1. The molecular formula is C21H21FN2O4S. The molecule has 0 spiro atoms. The van der Waals surface area contributed by atoms with Gasteiger partial charge in [-0.3, -0.25) is 0 Å². The standard InChI is InChI=1S/C21H21FN2O4S/c1-14-10-19(11-15(2)20(14)27-3)29(25,26)24-13-16-6-5-9-23-21(16)28-18-8-4-7-17(22)12-18/h4-12,24H,13H2,1-3H3. The van der Waals surface area contributed by atoms with Crippen molar-refractivity contribution in [1.29, 1.82) is 0 Å². The van der Waals surface area contributed by atoms with E-state index in [1.54, 1.807) is 51.3 Å². The molecule has 0 atom stereocenters. The third-order valence-electron chi connectivity index (χ3n) is 4.26. The molecule has 3 rings (SSSR count). The lowest BCUT2D eigenvalue weighted by Gasteiger charge is -2.14. The van der Waals surface area contributed by atoms with E-state index < -0.39 is 15.8 Å². The SMILES string of the molecule is COc1c(C)cc(S(=O)(=O)NCc2cccnc2Oc2cccc(F)c2)cc1C. The van der Waals surface area contributed by atoms with Crippen LogP contribution >= 0.6 is 0 Å². The molecule has 0 radical (unpaired) electrons. The van der Waals surface area contributed by atoms with Crippen LogP contribution in [-0.2, 0) is 16.6 Å². The third-order valence-corrected chi connectivity index (χ3v) is 5.64. The molecule has 0 bridgehead atoms. The second kappa shape index (κ2) is 8.59. The molecular weight excluding hydrogens is 395 g/mol. The van der Waals surface area contributed by atoms with Crippen LogP contribution in [0.1, 0.15) is 16.7 Å². The molecule has 0 saturated carbocycles. The summed E-state index contributed by atoms with van der Waals surface area (Å²) in [5.74, 6) is 0.685. The highest BCUT2D eigenvalue weighted by molar-refractivity contribution is 7.89. The normalized spacial score (nSPS) is 11.3. The lowest BCUT2D eigenvalue weighted by Crippen LogP contribution is -2.24. The summed E-state index contributed by atoms with van der Waals surface area (Å²) < 4.78 is 52.4. The van der Waals surface area contributed by atoms with Crippen LogP contribution in [0.2, 0.25) is 0 Å². The Morgan fingerprint density at radius 1 is 1.07 bits per heavy atom. The zero-order valence-electron chi connectivity index (χ0n) is 16.3. The van der Waals surface area contributed by atoms with Crippen molar-refractivity contribution in [2.45, 2.75) is 25.3 Å². The predicted molar refractivity (Wildman–Crippen MR) is 107 cm³/mol. The van der Waals surface area contributed by atoms with E-state index in [0.717, 1.165) is 11.1 Å². The fourth-order valence-electron chi connectivity index (χ4n) is 2.94. The first kappa shape index (κ1) is 20.8. The van der Waals surface area contributed by atoms with Crippen molar-refractivity contribution in [2.24, 2.45) is 0 Å². The van der Waals surface area contributed by atoms with Crippen LogP contribution < -0.4 is 14.2 Å². The Labute approximate surface area is 169 Å². The maximum absolute atomic E-state index is 13.4. The highest BCUT2D eigenvalue weighted by Gasteiger charge is 2.18. The Hall–Kier alpha value is -2.97. The van der Waals surface area contributed by atoms with E-state index in [1.807, 2.05) is 0 Å². The van der Waals surface area contributed by atoms with Crippen LogP contribution in [-0.4, -0.2) is 20.5 Å². The fraction of sp³-hybridized carbons (Fsp3) is 0.190. The average molecular weight is 416 g/mol. The van der Waals surface area contributed by atoms with Crippen molar-refractivity contribution in [3.63, 3.8) is 0 Å². The quantitative estimate of drug-likeness (QED) is 0.627. The molecule has 8 heteroatoms. The van der Waals surface area contributed by atoms with Gasteiger partial charge in [-0.1, -0.05) is 12.1 Å². The fourth-order valence-corrected chi connectivity index (χ4v) is 4.11. The molecule has 6 nitrogen and oxygen atoms in total. The Balaban J connectivity index is 1.81. The van der Waals surface area contributed by atoms with Crippen molar-refractivity contribution < 1.29 is 22.3 Å². The first-order valence-electron chi connectivity index (χ1n) is 8.82. The van der Waals surface area contributed by atoms with Crippen LogP contribution in [0.3, 0.4) is 0 Å². The molecule has 0 aliphatic heterocycles. The maximum Gasteiger partial charge on any atom is 0.240 e. The summed E-state index contributed by atoms with van der Waals surface area (Å²) in [6.07, 6.45) is 1.52. The molecule has 2 aromatic carbocycles. The molecule has 29 heavy (non-hydrogen) atoms. The summed E-state index contributed by atoms with van der Waals surface area (Å²) in [6.45, 7) is 3.54. The zero-order valence-corrected chi connectivity index (χ0v) is 17.1. The van der Waals surface area contributed by atoms with Gasteiger partial charge in [-0.25, -0.2) is 22.5 Å². The number of methoxy groups -OCH3 is 1. The van der Waals surface area contributed by atoms with Gasteiger partial charge in [0.05, 0.1) is 12.0 Å². The zero-order chi connectivity index (χ0) is 21.0. The number of sulfonamides is 1. The second-order valence-corrected chi connectivity index (χ2v) is 8.21. The van der Waals surface area contributed by atoms with Gasteiger partial charge < -0.3 is 9.47 Å². The number of aromatic nitrogens is 1. The Kier molecular flexibility index (Phi) is 6.14. The number of ether oxygens (including phenoxy) is 2. The van der Waals surface area contributed by atoms with Crippen LogP contribution in [0, 0.1) is 19.7 Å². The van der Waals surface area contributed by atoms with E-state index in [-0.39, 0.29) is 23.1 Å². The molecule has 0 unspecified atom stereocenters. The number of aryl methyl sites for hydroxylation is 2. The van der Waals surface area contributed by atoms with Crippen LogP contribution in [0.5, 0.6) is 17.4 Å². The second-order valence-electron chi connectivity index (χ2n) is 6.44. The summed E-state index contributed by atoms with van der Waals surface area (Å²) in [5.41, 5.74) is 1.97. The number of rotatable bonds is 7. The van der Waals surface area contributed by atoms with E-state index >= 15 is 0 Å². The van der Waals surface area contributed by atoms with Crippen molar-refractivity contribution in [3.8, 4) is 17.4 Å². The molecule has 0 fully saturated rings. The number of pyridine rings is 1. The number of nitrogens with zero attached hydrogens (tertiary/aromatic N) is 1. The monoisotopic (exact) mass is 416 g/mol. The van der Waals surface area contributed by atoms with E-state index in [1.165, 1.54) is 24.4 Å². The molecule has 152 valence electrons. The Morgan fingerprint density at radius 3 is 2.45 bits per heavy atom. The summed E-state index contributed by atoms with van der Waals surface area (Å²) in [6, 6.07) is 12.1. The minimum absolute atomic E-state index is 0.0368. The Morgan fingerprint density at radius 2 is 1.79 bits per heavy atom. The van der Waals surface area contributed by atoms with Gasteiger partial charge in [-0.2, -0.15) is 0 Å². The summed E-state index contributed by atoms with van der Waals surface area (Å²) in [4.78, 5) is 4.28. The number of halogens is 1. The van der Waals surface area contributed by atoms with Gasteiger partial charge in [0, 0.05) is 24.4 Å². The minimum Gasteiger partial charge on any atom is -0.496 e. The molecule has 0 aliphatic carbocycles. The first-order valence-corrected chi connectivity index (χ1v) is 10.3. The molecule has 3 aromatic rings. The molecule has 0 amide bonds. The summed E-state index contributed by atoms with van der Waals surface area (Å²) in [7, 11) is -2.23. The van der Waals surface area contributed by atoms with Crippen molar-refractivity contribution >= 4 is 10.0 Å². The minimum atomic E-state index is -3.77. The predicted octanol–water partition coefficient (Wildman–Crippen LogP) is 4.12. The van der Waals surface area contributed by atoms with Crippen molar-refractivity contribution in [3.05, 3.63) is 77.2 Å². The van der Waals surface area contributed by atoms with Gasteiger partial charge in [-0.05, 0) is 55.3 Å². The van der Waals surface area contributed by atoms with E-state index in [9.17, 15) is 12.8 Å². The van der Waals surface area contributed by atoms with Crippen LogP contribution in [0.4, 0.5) is 4.39 Å². The van der Waals surface area contributed by atoms with Gasteiger partial charge in [-0.15, -0.1) is 0 Å². The highest BCUT2D eigenvalue weighted by atomic mass is 32.2. The van der Waals surface area contributed by atoms with E-state index in [2.05, 4.69) is 9.71 Å². The lowest BCUT2D eigenvalue weighted by molar-refractivity contribution is 0.408. The average Bonchev–Trinajstić information content (AvgIpc) is 2.67. The molecule has 0 saturated heterocycles. The van der Waals surface area contributed by atoms with E-state index in [4.69, 9.17) is 9.47 Å². The largest absolute Gasteiger partial charge is 0.496 e. The first-order chi connectivity index (χ1) is 13.8. The topological polar surface area (TPSA) is 77.5 Å². The lowest BCUT2D eigenvalue weighted by atomic mass is 10.1. The number of nitrogens with one attached hydrogen (secondary N) is 1. The highest BCUT2D eigenvalue weighted by Crippen LogP contribution is 2.27. The number of hydrogen-bond acceptors (Lipinski definition) is 5. The Bertz CT molecular complexity index is 1110. The molecule has 1 heterocycles. The number of benzene rings is 2. The smallest absolute Gasteiger partial charge is 0.240 e.